The van der Waals surface area contributed by atoms with Crippen LogP contribution in [0.3, 0.4) is 0 Å². The van der Waals surface area contributed by atoms with Gasteiger partial charge in [0.2, 0.25) is 0 Å². The number of carbonyl (C=O) groups excluding carboxylic acids is 1. The zero-order valence-electron chi connectivity index (χ0n) is 16.3. The number of nitrogens with zero attached hydrogens (tertiary/aromatic N) is 5. The van der Waals surface area contributed by atoms with Gasteiger partial charge in [0.1, 0.15) is 12.1 Å². The van der Waals surface area contributed by atoms with Gasteiger partial charge in [-0.3, -0.25) is 9.78 Å². The summed E-state index contributed by atoms with van der Waals surface area (Å²) in [4.78, 5) is 27.4. The predicted octanol–water partition coefficient (Wildman–Crippen LogP) is 3.67. The number of pyridine rings is 1. The van der Waals surface area contributed by atoms with E-state index in [1.807, 2.05) is 0 Å². The van der Waals surface area contributed by atoms with Crippen molar-refractivity contribution in [2.45, 2.75) is 19.3 Å². The smallest absolute Gasteiger partial charge is 0.256 e. The van der Waals surface area contributed by atoms with Gasteiger partial charge in [0, 0.05) is 37.2 Å². The van der Waals surface area contributed by atoms with Crippen LogP contribution in [0.1, 0.15) is 28.8 Å². The van der Waals surface area contributed by atoms with Gasteiger partial charge in [0.15, 0.2) is 0 Å². The molecule has 0 unspecified atom stereocenters. The van der Waals surface area contributed by atoms with E-state index in [4.69, 9.17) is 0 Å². The van der Waals surface area contributed by atoms with Crippen molar-refractivity contribution in [2.24, 2.45) is 5.41 Å². The van der Waals surface area contributed by atoms with Gasteiger partial charge in [-0.1, -0.05) is 12.1 Å². The highest BCUT2D eigenvalue weighted by Crippen LogP contribution is 2.35. The van der Waals surface area contributed by atoms with Gasteiger partial charge in [-0.15, -0.1) is 0 Å². The number of likely N-dealkylation sites (tertiary alicyclic amines) is 1. The minimum atomic E-state index is -0.556. The third kappa shape index (κ3) is 4.03. The Bertz CT molecular complexity index is 1070. The van der Waals surface area contributed by atoms with Crippen LogP contribution >= 0.6 is 0 Å². The normalized spacial score (nSPS) is 15.4. The van der Waals surface area contributed by atoms with Gasteiger partial charge in [-0.05, 0) is 49.1 Å². The highest BCUT2D eigenvalue weighted by Gasteiger charge is 2.37. The lowest BCUT2D eigenvalue weighted by Crippen LogP contribution is -2.43. The summed E-state index contributed by atoms with van der Waals surface area (Å²) < 4.78 is 13.2. The molecule has 0 aliphatic carbocycles. The monoisotopic (exact) mass is 401 g/mol. The van der Waals surface area contributed by atoms with Crippen molar-refractivity contribution in [1.82, 2.24) is 19.9 Å². The lowest BCUT2D eigenvalue weighted by atomic mass is 9.75. The Balaban J connectivity index is 1.50. The Morgan fingerprint density at radius 1 is 1.13 bits per heavy atom. The number of nitriles is 1. The second-order valence-corrected chi connectivity index (χ2v) is 7.51. The van der Waals surface area contributed by atoms with Gasteiger partial charge in [-0.2, -0.15) is 5.26 Å². The number of rotatable bonds is 4. The highest BCUT2D eigenvalue weighted by atomic mass is 19.1. The molecule has 1 aromatic carbocycles. The molecule has 3 heterocycles. The summed E-state index contributed by atoms with van der Waals surface area (Å²) in [6.07, 6.45) is 8.01. The van der Waals surface area contributed by atoms with Gasteiger partial charge in [-0.25, -0.2) is 14.4 Å². The first-order chi connectivity index (χ1) is 14.6. The van der Waals surface area contributed by atoms with E-state index in [1.165, 1.54) is 18.5 Å². The van der Waals surface area contributed by atoms with Crippen LogP contribution in [0, 0.1) is 22.6 Å². The van der Waals surface area contributed by atoms with E-state index in [0.29, 0.717) is 49.2 Å². The minimum absolute atomic E-state index is 0.115. The molecule has 1 aliphatic heterocycles. The molecule has 1 aliphatic rings. The maximum absolute atomic E-state index is 13.2. The summed E-state index contributed by atoms with van der Waals surface area (Å²) in [5.41, 5.74) is 2.10. The molecular formula is C23H20FN5O. The molecule has 30 heavy (non-hydrogen) atoms. The van der Waals surface area contributed by atoms with Gasteiger partial charge in [0.05, 0.1) is 22.7 Å². The lowest BCUT2D eigenvalue weighted by molar-refractivity contribution is 0.0647. The fourth-order valence-electron chi connectivity index (χ4n) is 3.86. The second-order valence-electron chi connectivity index (χ2n) is 7.51. The Morgan fingerprint density at radius 3 is 2.50 bits per heavy atom. The molecule has 0 saturated carbocycles. The van der Waals surface area contributed by atoms with Crippen LogP contribution in [-0.4, -0.2) is 38.8 Å². The van der Waals surface area contributed by atoms with Crippen molar-refractivity contribution in [1.29, 1.82) is 5.26 Å². The molecule has 1 amide bonds. The molecule has 2 aromatic heterocycles. The molecule has 7 heteroatoms. The van der Waals surface area contributed by atoms with Crippen molar-refractivity contribution in [3.05, 3.63) is 78.3 Å². The van der Waals surface area contributed by atoms with Crippen LogP contribution in [0.25, 0.3) is 11.3 Å². The first kappa shape index (κ1) is 19.6. The number of piperidine rings is 1. The van der Waals surface area contributed by atoms with Crippen molar-refractivity contribution in [3.63, 3.8) is 0 Å². The Kier molecular flexibility index (Phi) is 5.48. The lowest BCUT2D eigenvalue weighted by Gasteiger charge is -2.37. The van der Waals surface area contributed by atoms with E-state index >= 15 is 0 Å². The van der Waals surface area contributed by atoms with E-state index in [2.05, 4.69) is 21.0 Å². The molecule has 0 N–H and O–H groups in total. The molecule has 0 radical (unpaired) electrons. The van der Waals surface area contributed by atoms with Crippen LogP contribution in [-0.2, 0) is 6.42 Å². The molecule has 1 fully saturated rings. The molecule has 6 nitrogen and oxygen atoms in total. The average Bonchev–Trinajstić information content (AvgIpc) is 2.81. The molecule has 0 atom stereocenters. The second kappa shape index (κ2) is 8.37. The highest BCUT2D eigenvalue weighted by molar-refractivity contribution is 5.99. The number of amides is 1. The van der Waals surface area contributed by atoms with Crippen molar-refractivity contribution < 1.29 is 9.18 Å². The number of halogens is 1. The number of benzene rings is 1. The van der Waals surface area contributed by atoms with Gasteiger partial charge in [0.25, 0.3) is 5.91 Å². The molecule has 3 aromatic rings. The summed E-state index contributed by atoms with van der Waals surface area (Å²) in [6, 6.07) is 12.2. The maximum atomic E-state index is 13.2. The Morgan fingerprint density at radius 2 is 1.83 bits per heavy atom. The maximum Gasteiger partial charge on any atom is 0.256 e. The molecule has 0 bridgehead atoms. The summed E-state index contributed by atoms with van der Waals surface area (Å²) in [6.45, 7) is 0.959. The van der Waals surface area contributed by atoms with E-state index in [9.17, 15) is 14.4 Å². The van der Waals surface area contributed by atoms with Crippen LogP contribution in [0.5, 0.6) is 0 Å². The van der Waals surface area contributed by atoms with Crippen LogP contribution < -0.4 is 0 Å². The fraction of sp³-hybridized carbons (Fsp3) is 0.261. The van der Waals surface area contributed by atoms with Crippen molar-refractivity contribution in [3.8, 4) is 17.3 Å². The van der Waals surface area contributed by atoms with Crippen LogP contribution in [0.15, 0.2) is 61.3 Å². The molecule has 150 valence electrons. The summed E-state index contributed by atoms with van der Waals surface area (Å²) in [7, 11) is 0. The SMILES string of the molecule is N#CC1(Cc2ccc(F)cc2)CCN(C(=O)c2cccnc2-c2cncnc2)CC1. The zero-order chi connectivity index (χ0) is 21.0. The minimum Gasteiger partial charge on any atom is -0.338 e. The number of aromatic nitrogens is 3. The third-order valence-electron chi connectivity index (χ3n) is 5.57. The first-order valence-corrected chi connectivity index (χ1v) is 9.76. The largest absolute Gasteiger partial charge is 0.338 e. The first-order valence-electron chi connectivity index (χ1n) is 9.76. The molecule has 4 rings (SSSR count). The predicted molar refractivity (Wildman–Crippen MR) is 109 cm³/mol. The molecule has 1 saturated heterocycles. The number of carbonyl (C=O) groups is 1. The standard InChI is InChI=1S/C23H20FN5O/c24-19-5-3-17(4-6-19)12-23(15-25)7-10-29(11-8-23)22(30)20-2-1-9-28-21(20)18-13-26-16-27-14-18/h1-6,9,13-14,16H,7-8,10-12H2. The fourth-order valence-corrected chi connectivity index (χ4v) is 3.86. The Hall–Kier alpha value is -3.66. The average molecular weight is 401 g/mol. The molecule has 0 spiro atoms. The van der Waals surface area contributed by atoms with Crippen molar-refractivity contribution in [2.75, 3.05) is 13.1 Å². The van der Waals surface area contributed by atoms with Crippen molar-refractivity contribution >= 4 is 5.91 Å². The van der Waals surface area contributed by atoms with E-state index in [1.54, 1.807) is 47.8 Å². The quantitative estimate of drug-likeness (QED) is 0.666. The topological polar surface area (TPSA) is 82.8 Å². The van der Waals surface area contributed by atoms with Gasteiger partial charge < -0.3 is 4.90 Å². The van der Waals surface area contributed by atoms with Gasteiger partial charge >= 0.3 is 0 Å². The number of hydrogen-bond acceptors (Lipinski definition) is 5. The summed E-state index contributed by atoms with van der Waals surface area (Å²) >= 11 is 0. The van der Waals surface area contributed by atoms with E-state index < -0.39 is 5.41 Å². The van der Waals surface area contributed by atoms with E-state index in [0.717, 1.165) is 5.56 Å². The third-order valence-corrected chi connectivity index (χ3v) is 5.57. The van der Waals surface area contributed by atoms with E-state index in [-0.39, 0.29) is 11.7 Å². The summed E-state index contributed by atoms with van der Waals surface area (Å²) in [5.74, 6) is -0.406. The Labute approximate surface area is 174 Å². The number of hydrogen-bond donors (Lipinski definition) is 0. The van der Waals surface area contributed by atoms with Crippen LogP contribution in [0.4, 0.5) is 4.39 Å². The summed E-state index contributed by atoms with van der Waals surface area (Å²) in [5, 5.41) is 9.84. The zero-order valence-corrected chi connectivity index (χ0v) is 16.3. The molecular weight excluding hydrogens is 381 g/mol. The van der Waals surface area contributed by atoms with Crippen LogP contribution in [0.2, 0.25) is 0 Å².